The van der Waals surface area contributed by atoms with Crippen molar-refractivity contribution in [3.8, 4) is 0 Å². The maximum Gasteiger partial charge on any atom is 0.469 e. The number of aliphatic hydroxyl groups excluding tert-OH is 2. The van der Waals surface area contributed by atoms with Crippen LogP contribution in [0.15, 0.2) is 46.6 Å². The summed E-state index contributed by atoms with van der Waals surface area (Å²) in [7, 11) is -4.73. The second-order valence-corrected chi connectivity index (χ2v) is 9.36. The third-order valence-corrected chi connectivity index (χ3v) is 5.29. The van der Waals surface area contributed by atoms with Crippen molar-refractivity contribution in [2.24, 2.45) is 0 Å². The van der Waals surface area contributed by atoms with Crippen LogP contribution in [0.3, 0.4) is 0 Å². The molecule has 0 bridgehead atoms. The lowest BCUT2D eigenvalue weighted by Crippen LogP contribution is -2.31. The van der Waals surface area contributed by atoms with Crippen LogP contribution in [-0.2, 0) is 9.09 Å². The van der Waals surface area contributed by atoms with Gasteiger partial charge in [0.25, 0.3) is 0 Å². The number of hydrogen-bond donors (Lipinski definition) is 4. The van der Waals surface area contributed by atoms with Crippen molar-refractivity contribution in [1.29, 1.82) is 0 Å². The highest BCUT2D eigenvalue weighted by atomic mass is 31.2. The number of aliphatic hydroxyl groups is 2. The quantitative estimate of drug-likeness (QED) is 0.200. The first kappa shape index (κ1) is 29.0. The molecule has 0 aromatic carbocycles. The van der Waals surface area contributed by atoms with E-state index in [9.17, 15) is 9.67 Å². The van der Waals surface area contributed by atoms with Gasteiger partial charge in [0.05, 0.1) is 6.61 Å². The molecule has 4 N–H and O–H groups in total. The van der Waals surface area contributed by atoms with Crippen molar-refractivity contribution in [2.75, 3.05) is 6.61 Å². The molecule has 0 rings (SSSR count). The first-order valence-electron chi connectivity index (χ1n) is 10.6. The van der Waals surface area contributed by atoms with E-state index in [0.29, 0.717) is 0 Å². The summed E-state index contributed by atoms with van der Waals surface area (Å²) in [5.74, 6) is 0. The molecule has 0 spiro atoms. The minimum absolute atomic E-state index is 0.123. The Labute approximate surface area is 182 Å². The molecule has 0 saturated carbocycles. The zero-order chi connectivity index (χ0) is 23.2. The summed E-state index contributed by atoms with van der Waals surface area (Å²) in [6.45, 7) is 9.87. The van der Waals surface area contributed by atoms with Crippen LogP contribution >= 0.6 is 7.82 Å². The molecule has 6 nitrogen and oxygen atoms in total. The summed E-state index contributed by atoms with van der Waals surface area (Å²) < 4.78 is 15.6. The molecule has 0 aromatic rings. The second kappa shape index (κ2) is 15.7. The first-order chi connectivity index (χ1) is 13.9. The summed E-state index contributed by atoms with van der Waals surface area (Å²) in [4.78, 5) is 17.9. The topological polar surface area (TPSA) is 107 Å². The molecular formula is C23H41O6P. The molecule has 2 unspecified atom stereocenters. The Bertz CT molecular complexity index is 653. The van der Waals surface area contributed by atoms with E-state index in [1.807, 2.05) is 6.92 Å². The van der Waals surface area contributed by atoms with Gasteiger partial charge in [-0.25, -0.2) is 4.57 Å². The fourth-order valence-corrected chi connectivity index (χ4v) is 3.45. The van der Waals surface area contributed by atoms with Crippen LogP contribution in [0.25, 0.3) is 0 Å². The molecule has 0 radical (unpaired) electrons. The molecule has 0 amide bonds. The molecular weight excluding hydrogens is 403 g/mol. The number of phosphoric ester groups is 1. The minimum Gasteiger partial charge on any atom is -0.394 e. The highest BCUT2D eigenvalue weighted by Gasteiger charge is 2.27. The largest absolute Gasteiger partial charge is 0.469 e. The summed E-state index contributed by atoms with van der Waals surface area (Å²) in [5.41, 5.74) is 5.17. The fraction of sp³-hybridized carbons (Fsp3) is 0.652. The van der Waals surface area contributed by atoms with E-state index >= 15 is 0 Å². The van der Waals surface area contributed by atoms with Crippen molar-refractivity contribution in [1.82, 2.24) is 0 Å². The van der Waals surface area contributed by atoms with E-state index in [1.54, 1.807) is 6.08 Å². The van der Waals surface area contributed by atoms with Gasteiger partial charge in [-0.15, -0.1) is 0 Å². The van der Waals surface area contributed by atoms with Gasteiger partial charge in [0.2, 0.25) is 0 Å². The maximum absolute atomic E-state index is 11.0. The smallest absolute Gasteiger partial charge is 0.394 e. The van der Waals surface area contributed by atoms with Crippen molar-refractivity contribution in [2.45, 2.75) is 91.8 Å². The lowest BCUT2D eigenvalue weighted by Gasteiger charge is -2.21. The highest BCUT2D eigenvalue weighted by molar-refractivity contribution is 7.46. The molecule has 0 aromatic heterocycles. The predicted octanol–water partition coefficient (Wildman–Crippen LogP) is 5.35. The molecule has 0 aliphatic heterocycles. The van der Waals surface area contributed by atoms with E-state index in [2.05, 4.69) is 50.4 Å². The van der Waals surface area contributed by atoms with Gasteiger partial charge < -0.3 is 20.0 Å². The van der Waals surface area contributed by atoms with E-state index < -0.39 is 26.6 Å². The van der Waals surface area contributed by atoms with E-state index in [4.69, 9.17) is 14.9 Å². The first-order valence-corrected chi connectivity index (χ1v) is 12.1. The average Bonchev–Trinajstić information content (AvgIpc) is 2.63. The van der Waals surface area contributed by atoms with Crippen molar-refractivity contribution in [3.63, 3.8) is 0 Å². The van der Waals surface area contributed by atoms with Crippen LogP contribution in [0.5, 0.6) is 0 Å². The lowest BCUT2D eigenvalue weighted by molar-refractivity contribution is -0.0118. The van der Waals surface area contributed by atoms with Crippen LogP contribution < -0.4 is 0 Å². The average molecular weight is 445 g/mol. The fourth-order valence-electron chi connectivity index (χ4n) is 2.87. The van der Waals surface area contributed by atoms with Crippen molar-refractivity contribution in [3.05, 3.63) is 46.6 Å². The molecule has 174 valence electrons. The zero-order valence-corrected chi connectivity index (χ0v) is 20.1. The van der Waals surface area contributed by atoms with Crippen LogP contribution in [0.4, 0.5) is 0 Å². The monoisotopic (exact) mass is 444 g/mol. The third-order valence-electron chi connectivity index (χ3n) is 4.74. The van der Waals surface area contributed by atoms with Crippen LogP contribution in [0, 0.1) is 0 Å². The summed E-state index contributed by atoms with van der Waals surface area (Å²) in [5, 5.41) is 18.7. The Kier molecular flexibility index (Phi) is 15.2. The van der Waals surface area contributed by atoms with Gasteiger partial charge >= 0.3 is 7.82 Å². The Hall–Kier alpha value is -1.01. The highest BCUT2D eigenvalue weighted by Crippen LogP contribution is 2.39. The van der Waals surface area contributed by atoms with Gasteiger partial charge in [0, 0.05) is 0 Å². The molecule has 0 fully saturated rings. The minimum atomic E-state index is -4.73. The van der Waals surface area contributed by atoms with Gasteiger partial charge in [-0.05, 0) is 79.6 Å². The van der Waals surface area contributed by atoms with Crippen LogP contribution in [-0.4, -0.2) is 38.8 Å². The molecule has 30 heavy (non-hydrogen) atoms. The van der Waals surface area contributed by atoms with E-state index in [1.165, 1.54) is 16.7 Å². The Morgan fingerprint density at radius 1 is 0.833 bits per heavy atom. The van der Waals surface area contributed by atoms with Crippen molar-refractivity contribution >= 4 is 7.82 Å². The summed E-state index contributed by atoms with van der Waals surface area (Å²) in [6, 6.07) is 0. The summed E-state index contributed by atoms with van der Waals surface area (Å²) >= 11 is 0. The van der Waals surface area contributed by atoms with E-state index in [0.717, 1.165) is 44.1 Å². The second-order valence-electron chi connectivity index (χ2n) is 8.17. The molecule has 0 aliphatic rings. The normalized spacial score (nSPS) is 15.8. The number of allylic oxidation sites excluding steroid dienone is 7. The SMILES string of the molecule is CC(C)=CCCC(C)=CCCC(C)=CCCC(C)=CCC(OP(=O)(O)O)C(O)CO. The number of rotatable bonds is 15. The predicted molar refractivity (Wildman–Crippen MR) is 123 cm³/mol. The summed E-state index contributed by atoms with van der Waals surface area (Å²) in [6.07, 6.45) is 12.2. The van der Waals surface area contributed by atoms with Gasteiger partial charge in [0.1, 0.15) is 12.2 Å². The standard InChI is InChI=1S/C23H41O6P/c1-18(2)9-6-10-19(3)11-7-12-20(4)13-8-14-21(5)15-16-23(22(25)17-24)29-30(26,27)28/h9,11,13,15,22-25H,6-8,10,12,14,16-17H2,1-5H3,(H2,26,27,28). The van der Waals surface area contributed by atoms with Crippen LogP contribution in [0.1, 0.15) is 79.6 Å². The van der Waals surface area contributed by atoms with Gasteiger partial charge in [0.15, 0.2) is 0 Å². The van der Waals surface area contributed by atoms with Gasteiger partial charge in [-0.3, -0.25) is 4.52 Å². The maximum atomic E-state index is 11.0. The van der Waals surface area contributed by atoms with Crippen molar-refractivity contribution < 1.29 is 29.1 Å². The Morgan fingerprint density at radius 3 is 1.67 bits per heavy atom. The number of phosphoric acid groups is 1. The third kappa shape index (κ3) is 16.8. The lowest BCUT2D eigenvalue weighted by atomic mass is 10.0. The van der Waals surface area contributed by atoms with E-state index in [-0.39, 0.29) is 6.42 Å². The Morgan fingerprint density at radius 2 is 1.27 bits per heavy atom. The molecule has 0 aliphatic carbocycles. The molecule has 0 heterocycles. The van der Waals surface area contributed by atoms with Gasteiger partial charge in [-0.1, -0.05) is 46.6 Å². The Balaban J connectivity index is 4.41. The molecule has 0 saturated heterocycles. The number of hydrogen-bond acceptors (Lipinski definition) is 4. The molecule has 7 heteroatoms. The zero-order valence-electron chi connectivity index (χ0n) is 19.2. The van der Waals surface area contributed by atoms with Gasteiger partial charge in [-0.2, -0.15) is 0 Å². The van der Waals surface area contributed by atoms with Crippen LogP contribution in [0.2, 0.25) is 0 Å². The molecule has 2 atom stereocenters.